The van der Waals surface area contributed by atoms with Gasteiger partial charge in [-0.1, -0.05) is 6.92 Å². The van der Waals surface area contributed by atoms with Crippen molar-refractivity contribution < 1.29 is 4.74 Å². The van der Waals surface area contributed by atoms with Crippen LogP contribution in [-0.4, -0.2) is 55.3 Å². The Balaban J connectivity index is 2.07. The molecule has 0 amide bonds. The Morgan fingerprint density at radius 1 is 1.39 bits per heavy atom. The number of hydrogen-bond acceptors (Lipinski definition) is 3. The Morgan fingerprint density at radius 2 is 2.11 bits per heavy atom. The van der Waals surface area contributed by atoms with Gasteiger partial charge in [0, 0.05) is 32.2 Å². The Bertz CT molecular complexity index is 196. The molecule has 0 aliphatic carbocycles. The first kappa shape index (κ1) is 16.3. The molecule has 0 saturated carbocycles. The van der Waals surface area contributed by atoms with Gasteiger partial charge in [-0.2, -0.15) is 0 Å². The molecule has 0 aromatic rings. The van der Waals surface area contributed by atoms with Gasteiger partial charge in [0.1, 0.15) is 11.5 Å². The number of nitrogens with zero attached hydrogens (tertiary/aromatic N) is 1. The molecule has 4 heteroatoms. The van der Waals surface area contributed by atoms with Crippen molar-refractivity contribution >= 4 is 11.8 Å². The first-order chi connectivity index (χ1) is 8.76. The van der Waals surface area contributed by atoms with Gasteiger partial charge in [0.15, 0.2) is 0 Å². The van der Waals surface area contributed by atoms with E-state index < -0.39 is 0 Å². The monoisotopic (exact) mass is 275 g/mol. The topological polar surface area (TPSA) is 38.5 Å². The molecule has 1 aliphatic rings. The van der Waals surface area contributed by atoms with Crippen molar-refractivity contribution in [3.8, 4) is 0 Å². The van der Waals surface area contributed by atoms with E-state index in [9.17, 15) is 0 Å². The van der Waals surface area contributed by atoms with Crippen LogP contribution >= 0.6 is 0 Å². The maximum absolute atomic E-state index is 5.83. The summed E-state index contributed by atoms with van der Waals surface area (Å²) < 4.78 is 5.83. The summed E-state index contributed by atoms with van der Waals surface area (Å²) >= 11 is 1.60. The van der Waals surface area contributed by atoms with Gasteiger partial charge in [0.2, 0.25) is 0 Å². The molecule has 1 heterocycles. The van der Waals surface area contributed by atoms with E-state index in [-0.39, 0.29) is 0 Å². The predicted octanol–water partition coefficient (Wildman–Crippen LogP) is 1.29. The van der Waals surface area contributed by atoms with Gasteiger partial charge in [-0.15, -0.1) is 0 Å². The summed E-state index contributed by atoms with van der Waals surface area (Å²) in [5, 5.41) is 0. The van der Waals surface area contributed by atoms with Crippen LogP contribution in [0.5, 0.6) is 0 Å². The lowest BCUT2D eigenvalue weighted by atomic mass is 10.1. The standard InChI is InChI=1S/C14H30N2OS/c1-3-18-12-13(2)11-16-8-5-14(6-9-16)17-10-4-7-15/h13-14H,3-12,15H2,1-2H3/p+1. The van der Waals surface area contributed by atoms with E-state index in [1.165, 1.54) is 44.0 Å². The highest BCUT2D eigenvalue weighted by atomic mass is 32.2. The van der Waals surface area contributed by atoms with Gasteiger partial charge in [-0.3, -0.25) is 0 Å². The quantitative estimate of drug-likeness (QED) is 0.391. The summed E-state index contributed by atoms with van der Waals surface area (Å²) in [6, 6.07) is 0. The summed E-state index contributed by atoms with van der Waals surface area (Å²) in [4.78, 5) is 2.61. The van der Waals surface area contributed by atoms with Crippen molar-refractivity contribution in [2.75, 3.05) is 44.3 Å². The number of nitrogens with two attached hydrogens (primary N) is 1. The fraction of sp³-hybridized carbons (Fsp3) is 1.00. The third-order valence-electron chi connectivity index (χ3n) is 3.47. The van der Waals surface area contributed by atoms with Crippen LogP contribution in [0.15, 0.2) is 0 Å². The molecule has 1 aliphatic heterocycles. The summed E-state index contributed by atoms with van der Waals surface area (Å²) in [6.45, 7) is 9.91. The molecular formula is C14H31N2OS+. The van der Waals surface area contributed by atoms with E-state index in [4.69, 9.17) is 10.5 Å². The normalized spacial score (nSPS) is 20.2. The summed E-state index contributed by atoms with van der Waals surface area (Å²) in [5.41, 5.74) is 5.47. The average molecular weight is 275 g/mol. The lowest BCUT2D eigenvalue weighted by Crippen LogP contribution is -2.40. The Kier molecular flexibility index (Phi) is 9.11. The molecule has 0 aromatic carbocycles. The van der Waals surface area contributed by atoms with E-state index in [0.717, 1.165) is 25.5 Å². The average Bonchev–Trinajstić information content (AvgIpc) is 2.39. The molecule has 1 saturated heterocycles. The summed E-state index contributed by atoms with van der Waals surface area (Å²) in [5.74, 6) is 3.48. The SMILES string of the molecule is CC[SH+]CC(C)CN1CCC(OCCCN)CC1. The van der Waals surface area contributed by atoms with Gasteiger partial charge in [0.25, 0.3) is 0 Å². The molecular weight excluding hydrogens is 244 g/mol. The zero-order chi connectivity index (χ0) is 13.2. The van der Waals surface area contributed by atoms with Crippen LogP contribution in [-0.2, 0) is 16.5 Å². The van der Waals surface area contributed by atoms with Crippen molar-refractivity contribution in [1.29, 1.82) is 0 Å². The molecule has 1 unspecified atom stereocenters. The number of hydrogen-bond donors (Lipinski definition) is 1. The minimum Gasteiger partial charge on any atom is -0.378 e. The molecule has 18 heavy (non-hydrogen) atoms. The van der Waals surface area contributed by atoms with Crippen LogP contribution < -0.4 is 5.73 Å². The van der Waals surface area contributed by atoms with Gasteiger partial charge in [0.05, 0.1) is 6.10 Å². The molecule has 108 valence electrons. The maximum Gasteiger partial charge on any atom is 0.109 e. The highest BCUT2D eigenvalue weighted by Crippen LogP contribution is 2.15. The lowest BCUT2D eigenvalue weighted by molar-refractivity contribution is 0.00534. The third-order valence-corrected chi connectivity index (χ3v) is 4.80. The molecule has 0 radical (unpaired) electrons. The molecule has 0 spiro atoms. The van der Waals surface area contributed by atoms with Gasteiger partial charge >= 0.3 is 0 Å². The van der Waals surface area contributed by atoms with Crippen molar-refractivity contribution in [2.24, 2.45) is 11.7 Å². The number of likely N-dealkylation sites (tertiary alicyclic amines) is 1. The van der Waals surface area contributed by atoms with E-state index in [1.807, 2.05) is 0 Å². The van der Waals surface area contributed by atoms with E-state index in [2.05, 4.69) is 18.7 Å². The van der Waals surface area contributed by atoms with Crippen molar-refractivity contribution in [2.45, 2.75) is 39.2 Å². The van der Waals surface area contributed by atoms with E-state index >= 15 is 0 Å². The Morgan fingerprint density at radius 3 is 2.72 bits per heavy atom. The molecule has 0 bridgehead atoms. The van der Waals surface area contributed by atoms with Crippen LogP contribution in [0, 0.1) is 5.92 Å². The van der Waals surface area contributed by atoms with Gasteiger partial charge in [-0.25, -0.2) is 0 Å². The number of thiol groups is 1. The molecule has 0 aromatic heterocycles. The third kappa shape index (κ3) is 6.98. The fourth-order valence-electron chi connectivity index (χ4n) is 2.44. The highest BCUT2D eigenvalue weighted by Gasteiger charge is 2.21. The van der Waals surface area contributed by atoms with Gasteiger partial charge in [-0.05, 0) is 44.5 Å². The smallest absolute Gasteiger partial charge is 0.109 e. The molecule has 3 nitrogen and oxygen atoms in total. The largest absolute Gasteiger partial charge is 0.378 e. The zero-order valence-electron chi connectivity index (χ0n) is 12.1. The summed E-state index contributed by atoms with van der Waals surface area (Å²) in [7, 11) is 0. The second kappa shape index (κ2) is 10.1. The maximum atomic E-state index is 5.83. The molecule has 1 atom stereocenters. The van der Waals surface area contributed by atoms with Crippen LogP contribution in [0.2, 0.25) is 0 Å². The zero-order valence-corrected chi connectivity index (χ0v) is 13.0. The molecule has 1 rings (SSSR count). The van der Waals surface area contributed by atoms with Crippen LogP contribution in [0.3, 0.4) is 0 Å². The number of rotatable bonds is 9. The molecule has 1 fully saturated rings. The lowest BCUT2D eigenvalue weighted by Gasteiger charge is -2.33. The Hall–Kier alpha value is 0.230. The van der Waals surface area contributed by atoms with E-state index in [1.54, 1.807) is 11.8 Å². The van der Waals surface area contributed by atoms with Crippen molar-refractivity contribution in [1.82, 2.24) is 4.90 Å². The second-order valence-electron chi connectivity index (χ2n) is 5.34. The van der Waals surface area contributed by atoms with Crippen molar-refractivity contribution in [3.05, 3.63) is 0 Å². The summed E-state index contributed by atoms with van der Waals surface area (Å²) in [6.07, 6.45) is 3.87. The molecule has 2 N–H and O–H groups in total. The predicted molar refractivity (Wildman–Crippen MR) is 82.4 cm³/mol. The van der Waals surface area contributed by atoms with Gasteiger partial charge < -0.3 is 15.4 Å². The minimum atomic E-state index is 0.483. The Labute approximate surface area is 117 Å². The van der Waals surface area contributed by atoms with Crippen LogP contribution in [0.4, 0.5) is 0 Å². The first-order valence-electron chi connectivity index (χ1n) is 7.43. The van der Waals surface area contributed by atoms with Crippen LogP contribution in [0.25, 0.3) is 0 Å². The second-order valence-corrected chi connectivity index (χ2v) is 6.79. The highest BCUT2D eigenvalue weighted by molar-refractivity contribution is 7.78. The van der Waals surface area contributed by atoms with Crippen molar-refractivity contribution in [3.63, 3.8) is 0 Å². The van der Waals surface area contributed by atoms with E-state index in [0.29, 0.717) is 6.10 Å². The fourth-order valence-corrected chi connectivity index (χ4v) is 3.25. The number of ether oxygens (including phenoxy) is 1. The van der Waals surface area contributed by atoms with Crippen LogP contribution in [0.1, 0.15) is 33.1 Å². The number of piperidine rings is 1. The minimum absolute atomic E-state index is 0.483. The first-order valence-corrected chi connectivity index (χ1v) is 8.70.